The smallest absolute Gasteiger partial charge is 0.283 e. The van der Waals surface area contributed by atoms with Gasteiger partial charge in [0.1, 0.15) is 0 Å². The zero-order valence-corrected chi connectivity index (χ0v) is 12.6. The summed E-state index contributed by atoms with van der Waals surface area (Å²) in [6.07, 6.45) is 5.41. The van der Waals surface area contributed by atoms with Crippen molar-refractivity contribution in [1.29, 1.82) is 0 Å². The van der Waals surface area contributed by atoms with Crippen molar-refractivity contribution in [3.63, 3.8) is 0 Å². The Balaban J connectivity index is 1.93. The molecule has 2 rings (SSSR count). The standard InChI is InChI=1S/C13H15BrN4O2/c1-10(8-17-5-4-15-9-17)16-7-11-2-3-12(14)13(6-11)18(19)20/h2-6,9-10,16H,7-8H2,1H3. The third-order valence-corrected chi connectivity index (χ3v) is 3.58. The van der Waals surface area contributed by atoms with Crippen LogP contribution in [-0.2, 0) is 13.1 Å². The molecule has 0 radical (unpaired) electrons. The highest BCUT2D eigenvalue weighted by Crippen LogP contribution is 2.25. The zero-order chi connectivity index (χ0) is 14.5. The lowest BCUT2D eigenvalue weighted by Gasteiger charge is -2.14. The Morgan fingerprint density at radius 2 is 2.35 bits per heavy atom. The number of aromatic nitrogens is 2. The molecule has 0 amide bonds. The number of nitro groups is 1. The van der Waals surface area contributed by atoms with Crippen LogP contribution >= 0.6 is 15.9 Å². The number of nitrogens with one attached hydrogen (secondary N) is 1. The van der Waals surface area contributed by atoms with Crippen LogP contribution in [-0.4, -0.2) is 20.5 Å². The van der Waals surface area contributed by atoms with Gasteiger partial charge in [-0.25, -0.2) is 4.98 Å². The van der Waals surface area contributed by atoms with Gasteiger partial charge in [-0.1, -0.05) is 6.07 Å². The van der Waals surface area contributed by atoms with Gasteiger partial charge in [-0.2, -0.15) is 0 Å². The van der Waals surface area contributed by atoms with Crippen molar-refractivity contribution in [3.05, 3.63) is 57.1 Å². The summed E-state index contributed by atoms with van der Waals surface area (Å²) in [5.74, 6) is 0. The molecule has 1 unspecified atom stereocenters. The molecule has 106 valence electrons. The molecule has 0 aliphatic rings. The molecule has 0 spiro atoms. The first-order chi connectivity index (χ1) is 9.56. The molecule has 7 heteroatoms. The van der Waals surface area contributed by atoms with Crippen LogP contribution in [0, 0.1) is 10.1 Å². The topological polar surface area (TPSA) is 73.0 Å². The number of nitrogens with zero attached hydrogens (tertiary/aromatic N) is 3. The molecule has 1 aromatic heterocycles. The lowest BCUT2D eigenvalue weighted by Crippen LogP contribution is -2.29. The average molecular weight is 339 g/mol. The number of hydrogen-bond acceptors (Lipinski definition) is 4. The van der Waals surface area contributed by atoms with Crippen molar-refractivity contribution >= 4 is 21.6 Å². The number of imidazole rings is 1. The fourth-order valence-corrected chi connectivity index (χ4v) is 2.27. The van der Waals surface area contributed by atoms with Crippen LogP contribution in [0.4, 0.5) is 5.69 Å². The van der Waals surface area contributed by atoms with Crippen molar-refractivity contribution in [2.24, 2.45) is 0 Å². The van der Waals surface area contributed by atoms with Gasteiger partial charge < -0.3 is 9.88 Å². The summed E-state index contributed by atoms with van der Waals surface area (Å²) in [6, 6.07) is 5.40. The molecule has 0 bridgehead atoms. The van der Waals surface area contributed by atoms with Gasteiger partial charge in [0.25, 0.3) is 5.69 Å². The van der Waals surface area contributed by atoms with E-state index >= 15 is 0 Å². The summed E-state index contributed by atoms with van der Waals surface area (Å²) >= 11 is 3.18. The lowest BCUT2D eigenvalue weighted by molar-refractivity contribution is -0.385. The highest BCUT2D eigenvalue weighted by atomic mass is 79.9. The Hall–Kier alpha value is -1.73. The molecule has 0 aliphatic carbocycles. The van der Waals surface area contributed by atoms with Crippen LogP contribution in [0.3, 0.4) is 0 Å². The maximum Gasteiger partial charge on any atom is 0.283 e. The first-order valence-electron chi connectivity index (χ1n) is 6.18. The lowest BCUT2D eigenvalue weighted by atomic mass is 10.2. The zero-order valence-electron chi connectivity index (χ0n) is 11.0. The van der Waals surface area contributed by atoms with E-state index in [1.807, 2.05) is 16.8 Å². The molecule has 20 heavy (non-hydrogen) atoms. The summed E-state index contributed by atoms with van der Waals surface area (Å²) in [6.45, 7) is 3.45. The second-order valence-corrected chi connectivity index (χ2v) is 5.44. The third kappa shape index (κ3) is 3.88. The second-order valence-electron chi connectivity index (χ2n) is 4.58. The molecule has 0 saturated carbocycles. The first-order valence-corrected chi connectivity index (χ1v) is 6.97. The van der Waals surface area contributed by atoms with Crippen LogP contribution in [0.5, 0.6) is 0 Å². The highest BCUT2D eigenvalue weighted by molar-refractivity contribution is 9.10. The molecule has 0 saturated heterocycles. The van der Waals surface area contributed by atoms with Gasteiger partial charge in [0.05, 0.1) is 15.7 Å². The van der Waals surface area contributed by atoms with Crippen molar-refractivity contribution < 1.29 is 4.92 Å². The van der Waals surface area contributed by atoms with Crippen LogP contribution in [0.15, 0.2) is 41.4 Å². The van der Waals surface area contributed by atoms with E-state index in [9.17, 15) is 10.1 Å². The van der Waals surface area contributed by atoms with Crippen molar-refractivity contribution in [1.82, 2.24) is 14.9 Å². The molecule has 0 fully saturated rings. The summed E-state index contributed by atoms with van der Waals surface area (Å²) in [4.78, 5) is 14.5. The molecule has 1 N–H and O–H groups in total. The van der Waals surface area contributed by atoms with Gasteiger partial charge in [-0.05, 0) is 34.5 Å². The van der Waals surface area contributed by atoms with E-state index in [0.717, 1.165) is 12.1 Å². The number of benzene rings is 1. The van der Waals surface area contributed by atoms with Gasteiger partial charge in [-0.3, -0.25) is 10.1 Å². The Morgan fingerprint density at radius 3 is 3.00 bits per heavy atom. The monoisotopic (exact) mass is 338 g/mol. The Bertz CT molecular complexity index is 586. The summed E-state index contributed by atoms with van der Waals surface area (Å²) in [5.41, 5.74) is 0.976. The van der Waals surface area contributed by atoms with Gasteiger partial charge >= 0.3 is 0 Å². The molecular weight excluding hydrogens is 324 g/mol. The minimum absolute atomic E-state index is 0.0894. The molecule has 1 aromatic carbocycles. The third-order valence-electron chi connectivity index (χ3n) is 2.91. The van der Waals surface area contributed by atoms with Gasteiger partial charge in [0.15, 0.2) is 0 Å². The second kappa shape index (κ2) is 6.62. The molecular formula is C13H15BrN4O2. The largest absolute Gasteiger partial charge is 0.336 e. The van der Waals surface area contributed by atoms with E-state index in [1.165, 1.54) is 0 Å². The van der Waals surface area contributed by atoms with E-state index in [1.54, 1.807) is 24.7 Å². The average Bonchev–Trinajstić information content (AvgIpc) is 2.90. The Labute approximate surface area is 125 Å². The van der Waals surface area contributed by atoms with E-state index in [-0.39, 0.29) is 16.7 Å². The Morgan fingerprint density at radius 1 is 1.55 bits per heavy atom. The Kier molecular flexibility index (Phi) is 4.86. The van der Waals surface area contributed by atoms with E-state index in [4.69, 9.17) is 0 Å². The van der Waals surface area contributed by atoms with Crippen molar-refractivity contribution in [2.75, 3.05) is 0 Å². The highest BCUT2D eigenvalue weighted by Gasteiger charge is 2.12. The van der Waals surface area contributed by atoms with E-state index < -0.39 is 0 Å². The number of halogens is 1. The van der Waals surface area contributed by atoms with Crippen LogP contribution in [0.25, 0.3) is 0 Å². The molecule has 2 aromatic rings. The predicted molar refractivity (Wildman–Crippen MR) is 79.3 cm³/mol. The SMILES string of the molecule is CC(Cn1ccnc1)NCc1ccc(Br)c([N+](=O)[O-])c1. The fraction of sp³-hybridized carbons (Fsp3) is 0.308. The summed E-state index contributed by atoms with van der Waals surface area (Å²) in [7, 11) is 0. The fourth-order valence-electron chi connectivity index (χ4n) is 1.88. The summed E-state index contributed by atoms with van der Waals surface area (Å²) in [5, 5.41) is 14.2. The van der Waals surface area contributed by atoms with Crippen LogP contribution < -0.4 is 5.32 Å². The quantitative estimate of drug-likeness (QED) is 0.649. The number of nitro benzene ring substituents is 1. The molecule has 0 aliphatic heterocycles. The van der Waals surface area contributed by atoms with Gasteiger partial charge in [0, 0.05) is 37.6 Å². The number of rotatable bonds is 6. The predicted octanol–water partition coefficient (Wildman–Crippen LogP) is 2.73. The minimum atomic E-state index is -0.386. The van der Waals surface area contributed by atoms with Crippen molar-refractivity contribution in [3.8, 4) is 0 Å². The molecule has 1 atom stereocenters. The number of hydrogen-bond donors (Lipinski definition) is 1. The van der Waals surface area contributed by atoms with E-state index in [0.29, 0.717) is 11.0 Å². The van der Waals surface area contributed by atoms with Crippen LogP contribution in [0.2, 0.25) is 0 Å². The van der Waals surface area contributed by atoms with Gasteiger partial charge in [-0.15, -0.1) is 0 Å². The minimum Gasteiger partial charge on any atom is -0.336 e. The molecule has 1 heterocycles. The van der Waals surface area contributed by atoms with Crippen LogP contribution in [0.1, 0.15) is 12.5 Å². The van der Waals surface area contributed by atoms with Crippen molar-refractivity contribution in [2.45, 2.75) is 26.1 Å². The summed E-state index contributed by atoms with van der Waals surface area (Å²) < 4.78 is 2.49. The van der Waals surface area contributed by atoms with Gasteiger partial charge in [0.2, 0.25) is 0 Å². The first kappa shape index (κ1) is 14.7. The maximum absolute atomic E-state index is 10.9. The normalized spacial score (nSPS) is 12.3. The maximum atomic E-state index is 10.9. The molecule has 6 nitrogen and oxygen atoms in total. The van der Waals surface area contributed by atoms with E-state index in [2.05, 4.69) is 33.2 Å².